The lowest BCUT2D eigenvalue weighted by atomic mass is 10.1. The summed E-state index contributed by atoms with van der Waals surface area (Å²) >= 11 is 1.66. The lowest BCUT2D eigenvalue weighted by Crippen LogP contribution is -2.36. The maximum absolute atomic E-state index is 9.77. The lowest BCUT2D eigenvalue weighted by Gasteiger charge is -2.35. The van der Waals surface area contributed by atoms with E-state index in [1.54, 1.807) is 11.8 Å². The number of rotatable bonds is 9. The molecule has 8 heteroatoms. The molecule has 2 heterocycles. The highest BCUT2D eigenvalue weighted by molar-refractivity contribution is 7.99. The second-order valence-electron chi connectivity index (χ2n) is 10.3. The van der Waals surface area contributed by atoms with Gasteiger partial charge in [0.25, 0.3) is 0 Å². The minimum atomic E-state index is 0.0174. The molecule has 41 heavy (non-hydrogen) atoms. The van der Waals surface area contributed by atoms with Gasteiger partial charge in [-0.25, -0.2) is 4.98 Å². The number of benzene rings is 4. The molecule has 1 aliphatic heterocycles. The molecule has 0 saturated carbocycles. The molecule has 1 aromatic heterocycles. The quantitative estimate of drug-likeness (QED) is 0.191. The highest BCUT2D eigenvalue weighted by atomic mass is 32.2. The summed E-state index contributed by atoms with van der Waals surface area (Å²) in [6.07, 6.45) is 0. The molecular weight excluding hydrogens is 528 g/mol. The van der Waals surface area contributed by atoms with Gasteiger partial charge in [0, 0.05) is 55.5 Å². The van der Waals surface area contributed by atoms with Crippen LogP contribution in [0, 0.1) is 0 Å². The monoisotopic (exact) mass is 562 g/mol. The van der Waals surface area contributed by atoms with E-state index in [1.807, 2.05) is 54.6 Å². The van der Waals surface area contributed by atoms with Crippen LogP contribution in [0.3, 0.4) is 0 Å². The van der Waals surface area contributed by atoms with Gasteiger partial charge >= 0.3 is 0 Å². The average Bonchev–Trinajstić information content (AvgIpc) is 3.01. The first-order valence-electron chi connectivity index (χ1n) is 13.8. The van der Waals surface area contributed by atoms with Gasteiger partial charge in [-0.1, -0.05) is 66.4 Å². The minimum Gasteiger partial charge on any atom is -0.392 e. The molecule has 0 bridgehead atoms. The first-order chi connectivity index (χ1) is 20.1. The Morgan fingerprint density at radius 3 is 2.22 bits per heavy atom. The molecule has 0 unspecified atom stereocenters. The third-order valence-corrected chi connectivity index (χ3v) is 8.71. The average molecular weight is 563 g/mol. The van der Waals surface area contributed by atoms with Crippen LogP contribution in [-0.4, -0.2) is 42.3 Å². The molecule has 0 radical (unpaired) electrons. The van der Waals surface area contributed by atoms with E-state index in [4.69, 9.17) is 9.97 Å². The molecule has 7 nitrogen and oxygen atoms in total. The van der Waals surface area contributed by atoms with E-state index in [9.17, 15) is 5.11 Å². The zero-order valence-corrected chi connectivity index (χ0v) is 24.2. The zero-order chi connectivity index (χ0) is 28.2. The standard InChI is InChI=1S/C33H34N6OS/c1-38-17-18-39(2)29-19-23(15-16-28(29)38)20-34-32-26-11-5-6-12-27(26)36-33(37-32)35-21-24-9-3-7-13-30(24)41-31-14-8-4-10-25(31)22-40/h3-16,19,40H,17-18,20-22H2,1-2H3,(H2,34,35,36,37). The van der Waals surface area contributed by atoms with E-state index in [2.05, 4.69) is 70.9 Å². The summed E-state index contributed by atoms with van der Waals surface area (Å²) in [6, 6.07) is 31.0. The Morgan fingerprint density at radius 1 is 0.732 bits per heavy atom. The van der Waals surface area contributed by atoms with Crippen molar-refractivity contribution in [1.82, 2.24) is 9.97 Å². The molecular formula is C33H34N6OS. The second-order valence-corrected chi connectivity index (χ2v) is 11.3. The second kappa shape index (κ2) is 12.1. The Morgan fingerprint density at radius 2 is 1.41 bits per heavy atom. The van der Waals surface area contributed by atoms with Crippen LogP contribution in [0.1, 0.15) is 16.7 Å². The number of para-hydroxylation sites is 1. The molecule has 3 N–H and O–H groups in total. The van der Waals surface area contributed by atoms with Gasteiger partial charge in [-0.05, 0) is 53.1 Å². The number of aromatic nitrogens is 2. The van der Waals surface area contributed by atoms with Crippen molar-refractivity contribution in [2.24, 2.45) is 0 Å². The number of nitrogens with one attached hydrogen (secondary N) is 2. The van der Waals surface area contributed by atoms with Crippen LogP contribution in [0.4, 0.5) is 23.1 Å². The molecule has 0 fully saturated rings. The summed E-state index contributed by atoms with van der Waals surface area (Å²) in [5.41, 5.74) is 6.67. The van der Waals surface area contributed by atoms with Crippen molar-refractivity contribution in [3.05, 3.63) is 108 Å². The van der Waals surface area contributed by atoms with Gasteiger partial charge in [0.1, 0.15) is 5.82 Å². The van der Waals surface area contributed by atoms with Gasteiger partial charge in [-0.2, -0.15) is 4.98 Å². The maximum atomic E-state index is 9.77. The molecule has 208 valence electrons. The van der Waals surface area contributed by atoms with Crippen LogP contribution in [0.25, 0.3) is 10.9 Å². The number of hydrogen-bond donors (Lipinski definition) is 3. The van der Waals surface area contributed by atoms with E-state index in [1.165, 1.54) is 16.9 Å². The van der Waals surface area contributed by atoms with Crippen molar-refractivity contribution in [3.8, 4) is 0 Å². The smallest absolute Gasteiger partial charge is 0.225 e. The fourth-order valence-electron chi connectivity index (χ4n) is 5.10. The Bertz CT molecular complexity index is 1680. The molecule has 6 rings (SSSR count). The Kier molecular flexibility index (Phi) is 7.93. The fraction of sp³-hybridized carbons (Fsp3) is 0.212. The van der Waals surface area contributed by atoms with Crippen LogP contribution in [-0.2, 0) is 19.7 Å². The van der Waals surface area contributed by atoms with Gasteiger partial charge in [-0.3, -0.25) is 0 Å². The summed E-state index contributed by atoms with van der Waals surface area (Å²) < 4.78 is 0. The topological polar surface area (TPSA) is 76.5 Å². The first kappa shape index (κ1) is 26.9. The molecule has 0 spiro atoms. The number of likely N-dealkylation sites (N-methyl/N-ethyl adjacent to an activating group) is 2. The van der Waals surface area contributed by atoms with Crippen molar-refractivity contribution in [1.29, 1.82) is 0 Å². The van der Waals surface area contributed by atoms with Crippen molar-refractivity contribution >= 4 is 45.8 Å². The van der Waals surface area contributed by atoms with E-state index >= 15 is 0 Å². The molecule has 4 aromatic carbocycles. The third kappa shape index (κ3) is 5.94. The third-order valence-electron chi connectivity index (χ3n) is 7.47. The zero-order valence-electron chi connectivity index (χ0n) is 23.3. The largest absolute Gasteiger partial charge is 0.392 e. The van der Waals surface area contributed by atoms with Crippen LogP contribution < -0.4 is 20.4 Å². The molecule has 5 aromatic rings. The van der Waals surface area contributed by atoms with E-state index < -0.39 is 0 Å². The van der Waals surface area contributed by atoms with Gasteiger partial charge in [0.15, 0.2) is 0 Å². The number of anilines is 4. The predicted molar refractivity (Wildman–Crippen MR) is 170 cm³/mol. The van der Waals surface area contributed by atoms with E-state index in [0.717, 1.165) is 50.7 Å². The fourth-order valence-corrected chi connectivity index (χ4v) is 6.17. The number of fused-ring (bicyclic) bond motifs is 2. The Labute approximate surface area is 245 Å². The molecule has 0 amide bonds. The van der Waals surface area contributed by atoms with E-state index in [0.29, 0.717) is 19.0 Å². The summed E-state index contributed by atoms with van der Waals surface area (Å²) in [5, 5.41) is 17.8. The number of nitrogens with zero attached hydrogens (tertiary/aromatic N) is 4. The van der Waals surface area contributed by atoms with Crippen LogP contribution >= 0.6 is 11.8 Å². The summed E-state index contributed by atoms with van der Waals surface area (Å²) in [4.78, 5) is 16.5. The normalized spacial score (nSPS) is 12.9. The van der Waals surface area contributed by atoms with E-state index in [-0.39, 0.29) is 6.61 Å². The number of aliphatic hydroxyl groups is 1. The molecule has 0 saturated heterocycles. The minimum absolute atomic E-state index is 0.0174. The van der Waals surface area contributed by atoms with Gasteiger partial charge in [0.05, 0.1) is 23.5 Å². The maximum Gasteiger partial charge on any atom is 0.225 e. The highest BCUT2D eigenvalue weighted by Gasteiger charge is 2.18. The van der Waals surface area contributed by atoms with Crippen LogP contribution in [0.2, 0.25) is 0 Å². The number of hydrogen-bond acceptors (Lipinski definition) is 8. The van der Waals surface area contributed by atoms with Crippen LogP contribution in [0.15, 0.2) is 101 Å². The summed E-state index contributed by atoms with van der Waals surface area (Å²) in [6.45, 7) is 3.30. The van der Waals surface area contributed by atoms with Gasteiger partial charge in [0.2, 0.25) is 5.95 Å². The SMILES string of the molecule is CN1CCN(C)c2cc(CNc3nc(NCc4ccccc4Sc4ccccc4CO)nc4ccccc34)ccc21. The summed E-state index contributed by atoms with van der Waals surface area (Å²) in [7, 11) is 4.30. The van der Waals surface area contributed by atoms with Crippen LogP contribution in [0.5, 0.6) is 0 Å². The number of aliphatic hydroxyl groups excluding tert-OH is 1. The first-order valence-corrected chi connectivity index (χ1v) is 14.6. The Hall–Kier alpha value is -4.27. The molecule has 0 atom stereocenters. The van der Waals surface area contributed by atoms with Crippen molar-refractivity contribution in [3.63, 3.8) is 0 Å². The van der Waals surface area contributed by atoms with Gasteiger partial charge in [-0.15, -0.1) is 0 Å². The Balaban J connectivity index is 1.22. The lowest BCUT2D eigenvalue weighted by molar-refractivity contribution is 0.279. The predicted octanol–water partition coefficient (Wildman–Crippen LogP) is 6.38. The molecule has 1 aliphatic rings. The van der Waals surface area contributed by atoms with Crippen molar-refractivity contribution in [2.45, 2.75) is 29.5 Å². The van der Waals surface area contributed by atoms with Crippen molar-refractivity contribution < 1.29 is 5.11 Å². The van der Waals surface area contributed by atoms with Gasteiger partial charge < -0.3 is 25.5 Å². The molecule has 0 aliphatic carbocycles. The highest BCUT2D eigenvalue weighted by Crippen LogP contribution is 2.34. The summed E-state index contributed by atoms with van der Waals surface area (Å²) in [5.74, 6) is 1.38. The van der Waals surface area contributed by atoms with Crippen molar-refractivity contribution in [2.75, 3.05) is 47.6 Å².